The minimum absolute atomic E-state index is 0.652. The van der Waals surface area contributed by atoms with Crippen LogP contribution in [-0.2, 0) is 0 Å². The summed E-state index contributed by atoms with van der Waals surface area (Å²) in [5, 5.41) is 8.10. The fourth-order valence-corrected chi connectivity index (χ4v) is 7.30. The molecule has 0 aliphatic rings. The Bertz CT molecular complexity index is 2890. The molecule has 2 heterocycles. The average molecular weight is 639 g/mol. The van der Waals surface area contributed by atoms with E-state index in [0.717, 1.165) is 55.4 Å². The van der Waals surface area contributed by atoms with Crippen LogP contribution in [0.1, 0.15) is 0 Å². The third-order valence-corrected chi connectivity index (χ3v) is 9.82. The van der Waals surface area contributed by atoms with E-state index in [1.54, 1.807) is 0 Å². The van der Waals surface area contributed by atoms with E-state index >= 15 is 0 Å². The van der Waals surface area contributed by atoms with Crippen LogP contribution in [0, 0.1) is 0 Å². The third kappa shape index (κ3) is 4.79. The first-order chi connectivity index (χ1) is 24.7. The summed E-state index contributed by atoms with van der Waals surface area (Å²) in [6.45, 7) is 0. The molecule has 0 unspecified atom stereocenters. The smallest absolute Gasteiger partial charge is 0.227 e. The molecular formula is C47H30N2O. The Balaban J connectivity index is 1.14. The van der Waals surface area contributed by atoms with Crippen molar-refractivity contribution in [1.82, 2.24) is 4.98 Å². The molecular weight excluding hydrogens is 609 g/mol. The highest BCUT2D eigenvalue weighted by atomic mass is 16.3. The van der Waals surface area contributed by atoms with E-state index in [4.69, 9.17) is 9.40 Å². The van der Waals surface area contributed by atoms with E-state index < -0.39 is 0 Å². The molecule has 0 aliphatic carbocycles. The van der Waals surface area contributed by atoms with Crippen LogP contribution in [0.15, 0.2) is 186 Å². The van der Waals surface area contributed by atoms with E-state index in [-0.39, 0.29) is 0 Å². The number of fused-ring (bicyclic) bond motifs is 6. The van der Waals surface area contributed by atoms with Gasteiger partial charge in [-0.05, 0) is 92.8 Å². The summed E-state index contributed by atoms with van der Waals surface area (Å²) in [6, 6.07) is 64.9. The van der Waals surface area contributed by atoms with E-state index in [0.29, 0.717) is 5.71 Å². The normalized spacial score (nSPS) is 11.6. The minimum Gasteiger partial charge on any atom is -0.438 e. The summed E-state index contributed by atoms with van der Waals surface area (Å²) < 4.78 is 6.46. The molecule has 3 nitrogen and oxygen atoms in total. The van der Waals surface area contributed by atoms with Crippen LogP contribution in [0.5, 0.6) is 0 Å². The number of para-hydroxylation sites is 2. The molecule has 10 rings (SSSR count). The summed E-state index contributed by atoms with van der Waals surface area (Å²) in [6.07, 6.45) is 0. The molecule has 0 bridgehead atoms. The highest BCUT2D eigenvalue weighted by Gasteiger charge is 2.20. The van der Waals surface area contributed by atoms with Gasteiger partial charge in [0.05, 0.1) is 11.2 Å². The maximum Gasteiger partial charge on any atom is 0.227 e. The number of furan rings is 1. The zero-order valence-corrected chi connectivity index (χ0v) is 27.1. The van der Waals surface area contributed by atoms with Gasteiger partial charge in [-0.1, -0.05) is 121 Å². The van der Waals surface area contributed by atoms with Crippen molar-refractivity contribution >= 4 is 71.6 Å². The molecule has 3 heteroatoms. The van der Waals surface area contributed by atoms with Gasteiger partial charge in [-0.2, -0.15) is 0 Å². The summed E-state index contributed by atoms with van der Waals surface area (Å²) in [4.78, 5) is 7.20. The van der Waals surface area contributed by atoms with Crippen LogP contribution < -0.4 is 4.90 Å². The number of pyridine rings is 1. The van der Waals surface area contributed by atoms with Gasteiger partial charge in [-0.25, -0.2) is 4.98 Å². The molecule has 0 N–H and O–H groups in total. The molecule has 2 aromatic heterocycles. The van der Waals surface area contributed by atoms with Crippen LogP contribution >= 0.6 is 0 Å². The Morgan fingerprint density at radius 3 is 1.78 bits per heavy atom. The van der Waals surface area contributed by atoms with Crippen molar-refractivity contribution in [3.05, 3.63) is 182 Å². The van der Waals surface area contributed by atoms with Crippen molar-refractivity contribution < 1.29 is 4.42 Å². The predicted molar refractivity (Wildman–Crippen MR) is 210 cm³/mol. The molecule has 8 aromatic carbocycles. The van der Waals surface area contributed by atoms with Gasteiger partial charge in [-0.3, -0.25) is 0 Å². The molecule has 0 saturated heterocycles. The number of hydrogen-bond acceptors (Lipinski definition) is 3. The quantitative estimate of drug-likeness (QED) is 0.188. The largest absolute Gasteiger partial charge is 0.438 e. The van der Waals surface area contributed by atoms with Crippen molar-refractivity contribution in [2.75, 3.05) is 4.90 Å². The molecule has 0 amide bonds. The molecule has 234 valence electrons. The first-order valence-corrected chi connectivity index (χ1v) is 16.9. The predicted octanol–water partition coefficient (Wildman–Crippen LogP) is 13.2. The van der Waals surface area contributed by atoms with Gasteiger partial charge in [0.2, 0.25) is 5.71 Å². The van der Waals surface area contributed by atoms with Crippen LogP contribution in [0.25, 0.3) is 76.8 Å². The SMILES string of the molecule is c1ccc(N(c2ccc(-c3ccc4ccccc4c3)cc2)c2ccc3c(c2)oc2nc4ccccc4cc23)c(-c2ccc3ccccc3c2)c1. The Kier molecular flexibility index (Phi) is 6.49. The fourth-order valence-electron chi connectivity index (χ4n) is 7.30. The van der Waals surface area contributed by atoms with Gasteiger partial charge in [0.25, 0.3) is 0 Å². The van der Waals surface area contributed by atoms with Crippen LogP contribution in [-0.4, -0.2) is 4.98 Å². The number of hydrogen-bond donors (Lipinski definition) is 0. The lowest BCUT2D eigenvalue weighted by Crippen LogP contribution is -2.11. The Labute approximate surface area is 289 Å². The van der Waals surface area contributed by atoms with Gasteiger partial charge in [-0.15, -0.1) is 0 Å². The zero-order valence-electron chi connectivity index (χ0n) is 27.1. The molecule has 0 atom stereocenters. The molecule has 10 aromatic rings. The second-order valence-corrected chi connectivity index (χ2v) is 12.8. The highest BCUT2D eigenvalue weighted by molar-refractivity contribution is 6.08. The van der Waals surface area contributed by atoms with Crippen LogP contribution in [0.2, 0.25) is 0 Å². The minimum atomic E-state index is 0.652. The first kappa shape index (κ1) is 28.3. The third-order valence-electron chi connectivity index (χ3n) is 9.82. The van der Waals surface area contributed by atoms with E-state index in [2.05, 4.69) is 169 Å². The monoisotopic (exact) mass is 638 g/mol. The standard InChI is InChI=1S/C47H30N2O/c1-3-11-34-27-36(19-17-31(34)9-1)33-21-23-39(24-22-33)49(45-16-8-6-14-41(45)37-20-18-32-10-2-4-12-35(32)28-37)40-25-26-42-43-29-38-13-5-7-15-44(38)48-47(43)50-46(42)30-40/h1-30H. The van der Waals surface area contributed by atoms with Crippen molar-refractivity contribution in [2.45, 2.75) is 0 Å². The molecule has 0 radical (unpaired) electrons. The van der Waals surface area contributed by atoms with E-state index in [9.17, 15) is 0 Å². The van der Waals surface area contributed by atoms with Crippen molar-refractivity contribution in [3.63, 3.8) is 0 Å². The first-order valence-electron chi connectivity index (χ1n) is 16.9. The van der Waals surface area contributed by atoms with Gasteiger partial charge < -0.3 is 9.32 Å². The summed E-state index contributed by atoms with van der Waals surface area (Å²) >= 11 is 0. The van der Waals surface area contributed by atoms with Crippen LogP contribution in [0.3, 0.4) is 0 Å². The molecule has 0 spiro atoms. The average Bonchev–Trinajstić information content (AvgIpc) is 3.53. The number of aromatic nitrogens is 1. The lowest BCUT2D eigenvalue weighted by atomic mass is 9.98. The second-order valence-electron chi connectivity index (χ2n) is 12.8. The van der Waals surface area contributed by atoms with Crippen molar-refractivity contribution in [3.8, 4) is 22.3 Å². The Morgan fingerprint density at radius 2 is 1.00 bits per heavy atom. The zero-order chi connectivity index (χ0) is 33.0. The topological polar surface area (TPSA) is 29.3 Å². The molecule has 50 heavy (non-hydrogen) atoms. The Hall–Kier alpha value is -6.71. The van der Waals surface area contributed by atoms with Crippen molar-refractivity contribution in [2.24, 2.45) is 0 Å². The second kappa shape index (κ2) is 11.5. The maximum absolute atomic E-state index is 6.46. The molecule has 0 aliphatic heterocycles. The van der Waals surface area contributed by atoms with Crippen LogP contribution in [0.4, 0.5) is 17.1 Å². The Morgan fingerprint density at radius 1 is 0.400 bits per heavy atom. The fraction of sp³-hybridized carbons (Fsp3) is 0. The number of nitrogens with zero attached hydrogens (tertiary/aromatic N) is 2. The number of anilines is 3. The van der Waals surface area contributed by atoms with E-state index in [1.165, 1.54) is 32.7 Å². The van der Waals surface area contributed by atoms with Gasteiger partial charge in [0.15, 0.2) is 0 Å². The molecule has 0 fully saturated rings. The lowest BCUT2D eigenvalue weighted by molar-refractivity contribution is 0.656. The lowest BCUT2D eigenvalue weighted by Gasteiger charge is -2.28. The summed E-state index contributed by atoms with van der Waals surface area (Å²) in [5.74, 6) is 0. The van der Waals surface area contributed by atoms with Gasteiger partial charge >= 0.3 is 0 Å². The van der Waals surface area contributed by atoms with Gasteiger partial charge in [0.1, 0.15) is 5.58 Å². The summed E-state index contributed by atoms with van der Waals surface area (Å²) in [5.41, 5.74) is 10.2. The molecule has 0 saturated carbocycles. The number of rotatable bonds is 5. The van der Waals surface area contributed by atoms with Gasteiger partial charge in [0, 0.05) is 39.2 Å². The number of benzene rings is 8. The summed E-state index contributed by atoms with van der Waals surface area (Å²) in [7, 11) is 0. The van der Waals surface area contributed by atoms with E-state index in [1.807, 2.05) is 18.2 Å². The van der Waals surface area contributed by atoms with Crippen molar-refractivity contribution in [1.29, 1.82) is 0 Å². The highest BCUT2D eigenvalue weighted by Crippen LogP contribution is 2.43. The maximum atomic E-state index is 6.46.